The summed E-state index contributed by atoms with van der Waals surface area (Å²) in [6.07, 6.45) is -1.86. The number of aliphatic carboxylic acids is 2. The van der Waals surface area contributed by atoms with Crippen LogP contribution in [-0.4, -0.2) is 101 Å². The maximum Gasteiger partial charge on any atom is 0.322 e. The van der Waals surface area contributed by atoms with Crippen molar-refractivity contribution in [2.75, 3.05) is 39.9 Å². The maximum atomic E-state index is 12.6. The lowest BCUT2D eigenvalue weighted by Crippen LogP contribution is -2.50. The number of carboxylic acid groups (broad SMARTS) is 2. The highest BCUT2D eigenvalue weighted by Gasteiger charge is 2.33. The Hall–Kier alpha value is -3.47. The number of nitrogens with two attached hydrogens (primary N) is 1. The van der Waals surface area contributed by atoms with Crippen molar-refractivity contribution in [2.45, 2.75) is 36.3 Å². The summed E-state index contributed by atoms with van der Waals surface area (Å²) in [6, 6.07) is -1.08. The summed E-state index contributed by atoms with van der Waals surface area (Å²) in [5.74, 6) is -3.42. The van der Waals surface area contributed by atoms with E-state index >= 15 is 0 Å². The first-order valence-electron chi connectivity index (χ1n) is 11.3. The zero-order valence-electron chi connectivity index (χ0n) is 20.7. The minimum Gasteiger partial charge on any atom is -0.492 e. The molecule has 0 saturated carbocycles. The Morgan fingerprint density at radius 2 is 1.84 bits per heavy atom. The molecule has 38 heavy (non-hydrogen) atoms. The number of benzene rings is 1. The van der Waals surface area contributed by atoms with Crippen LogP contribution in [0.1, 0.15) is 24.5 Å². The number of thioether (sulfide) groups is 1. The van der Waals surface area contributed by atoms with Gasteiger partial charge in [-0.15, -0.1) is 0 Å². The van der Waals surface area contributed by atoms with Gasteiger partial charge in [0.25, 0.3) is 0 Å². The van der Waals surface area contributed by atoms with Crippen LogP contribution in [0.2, 0.25) is 0 Å². The number of ether oxygens (including phenoxy) is 4. The third kappa shape index (κ3) is 8.01. The molecule has 8 N–H and O–H groups in total. The molecular formula is C22H31N3O12S. The van der Waals surface area contributed by atoms with Crippen LogP contribution in [-0.2, 0) is 19.2 Å². The molecule has 0 radical (unpaired) electrons. The lowest BCUT2D eigenvalue weighted by molar-refractivity contribution is -0.139. The number of nitrogens with one attached hydrogen (secondary N) is 2. The van der Waals surface area contributed by atoms with Crippen LogP contribution in [0, 0.1) is 0 Å². The third-order valence-corrected chi connectivity index (χ3v) is 6.76. The van der Waals surface area contributed by atoms with Gasteiger partial charge in [0.15, 0.2) is 11.5 Å². The van der Waals surface area contributed by atoms with Gasteiger partial charge in [0.05, 0.1) is 32.2 Å². The number of carbonyl (C=O) groups excluding carboxylic acids is 2. The summed E-state index contributed by atoms with van der Waals surface area (Å²) < 4.78 is 21.5. The second-order valence-corrected chi connectivity index (χ2v) is 9.25. The molecule has 0 aliphatic carbocycles. The van der Waals surface area contributed by atoms with E-state index in [0.717, 1.165) is 11.8 Å². The van der Waals surface area contributed by atoms with Crippen molar-refractivity contribution >= 4 is 35.5 Å². The molecule has 0 fully saturated rings. The molecule has 1 aliphatic rings. The van der Waals surface area contributed by atoms with Gasteiger partial charge in [-0.3, -0.25) is 19.2 Å². The number of carboxylic acids is 2. The molecule has 1 aromatic rings. The van der Waals surface area contributed by atoms with E-state index in [1.54, 1.807) is 0 Å². The van der Waals surface area contributed by atoms with Gasteiger partial charge in [0.1, 0.15) is 18.6 Å². The van der Waals surface area contributed by atoms with Gasteiger partial charge >= 0.3 is 11.9 Å². The molecule has 0 bridgehead atoms. The fraction of sp³-hybridized carbons (Fsp3) is 0.545. The van der Waals surface area contributed by atoms with E-state index < -0.39 is 60.3 Å². The van der Waals surface area contributed by atoms with Crippen molar-refractivity contribution in [3.05, 3.63) is 11.6 Å². The first-order chi connectivity index (χ1) is 18.0. The zero-order chi connectivity index (χ0) is 28.4. The molecule has 2 rings (SSSR count). The van der Waals surface area contributed by atoms with Gasteiger partial charge in [-0.05, 0) is 12.5 Å². The Labute approximate surface area is 221 Å². The number of methoxy groups -OCH3 is 2. The SMILES string of the molecule is COc1c(C(O)C(CO)SCC(NC(=O)CCC(N)C(=O)O)C(=O)NCC(=O)O)cc2c(c1OC)OCO2. The van der Waals surface area contributed by atoms with Crippen molar-refractivity contribution in [1.82, 2.24) is 10.6 Å². The first kappa shape index (κ1) is 30.8. The number of rotatable bonds is 16. The molecule has 2 amide bonds. The molecule has 4 atom stereocenters. The maximum absolute atomic E-state index is 12.6. The van der Waals surface area contributed by atoms with Gasteiger partial charge in [-0.2, -0.15) is 11.8 Å². The fourth-order valence-corrected chi connectivity index (χ4v) is 4.55. The highest BCUT2D eigenvalue weighted by atomic mass is 32.2. The van der Waals surface area contributed by atoms with E-state index in [0.29, 0.717) is 0 Å². The van der Waals surface area contributed by atoms with E-state index in [9.17, 15) is 29.4 Å². The number of aliphatic hydroxyl groups excluding tert-OH is 2. The number of aliphatic hydroxyl groups is 2. The number of hydrogen-bond acceptors (Lipinski definition) is 12. The summed E-state index contributed by atoms with van der Waals surface area (Å²) in [5.41, 5.74) is 5.61. The Morgan fingerprint density at radius 1 is 1.16 bits per heavy atom. The molecule has 0 aromatic heterocycles. The summed E-state index contributed by atoms with van der Waals surface area (Å²) >= 11 is 0.922. The van der Waals surface area contributed by atoms with Crippen LogP contribution in [0.5, 0.6) is 23.0 Å². The highest BCUT2D eigenvalue weighted by molar-refractivity contribution is 8.00. The molecule has 0 spiro atoms. The van der Waals surface area contributed by atoms with Gasteiger partial charge in [0, 0.05) is 17.7 Å². The van der Waals surface area contributed by atoms with E-state index in [4.69, 9.17) is 34.9 Å². The van der Waals surface area contributed by atoms with E-state index in [1.807, 2.05) is 0 Å². The monoisotopic (exact) mass is 561 g/mol. The number of carbonyl (C=O) groups is 4. The summed E-state index contributed by atoms with van der Waals surface area (Å²) in [6.45, 7) is -1.34. The molecule has 212 valence electrons. The predicted octanol–water partition coefficient (Wildman–Crippen LogP) is -1.56. The topological polar surface area (TPSA) is 236 Å². The van der Waals surface area contributed by atoms with Crippen molar-refractivity contribution in [1.29, 1.82) is 0 Å². The standard InChI is InChI=1S/C22H31N3O12S/c1-34-18-10(5-13-19(20(18)35-2)37-9-36-13)17(30)14(7-26)38-8-12(21(31)24-6-16(28)29)25-15(27)4-3-11(23)22(32)33/h5,11-12,14,17,26,30H,3-4,6-9,23H2,1-2H3,(H,24,31)(H,25,27)(H,28,29)(H,32,33). The molecule has 0 saturated heterocycles. The van der Waals surface area contributed by atoms with Crippen LogP contribution >= 0.6 is 11.8 Å². The van der Waals surface area contributed by atoms with E-state index in [-0.39, 0.29) is 53.9 Å². The Kier molecular flexibility index (Phi) is 11.7. The lowest BCUT2D eigenvalue weighted by Gasteiger charge is -2.26. The smallest absolute Gasteiger partial charge is 0.322 e. The minimum absolute atomic E-state index is 0.0726. The molecule has 16 heteroatoms. The summed E-state index contributed by atoms with van der Waals surface area (Å²) in [7, 11) is 2.73. The summed E-state index contributed by atoms with van der Waals surface area (Å²) in [4.78, 5) is 46.6. The molecule has 1 aromatic carbocycles. The molecule has 1 aliphatic heterocycles. The second kappa shape index (κ2) is 14.5. The molecule has 1 heterocycles. The van der Waals surface area contributed by atoms with Crippen molar-refractivity contribution in [3.63, 3.8) is 0 Å². The van der Waals surface area contributed by atoms with Gasteiger partial charge in [-0.25, -0.2) is 0 Å². The molecule has 4 unspecified atom stereocenters. The van der Waals surface area contributed by atoms with E-state index in [2.05, 4.69) is 10.6 Å². The van der Waals surface area contributed by atoms with Crippen LogP contribution in [0.25, 0.3) is 0 Å². The van der Waals surface area contributed by atoms with Crippen molar-refractivity contribution < 1.29 is 58.6 Å². The molecular weight excluding hydrogens is 530 g/mol. The zero-order valence-corrected chi connectivity index (χ0v) is 21.5. The van der Waals surface area contributed by atoms with Gasteiger partial charge in [0.2, 0.25) is 30.1 Å². The van der Waals surface area contributed by atoms with Crippen LogP contribution in [0.3, 0.4) is 0 Å². The van der Waals surface area contributed by atoms with Gasteiger partial charge < -0.3 is 55.7 Å². The average Bonchev–Trinajstić information content (AvgIpc) is 3.36. The van der Waals surface area contributed by atoms with Gasteiger partial charge in [-0.1, -0.05) is 0 Å². The van der Waals surface area contributed by atoms with Crippen LogP contribution in [0.15, 0.2) is 6.07 Å². The van der Waals surface area contributed by atoms with E-state index in [1.165, 1.54) is 20.3 Å². The Bertz CT molecular complexity index is 1020. The van der Waals surface area contributed by atoms with Crippen LogP contribution < -0.4 is 35.3 Å². The number of fused-ring (bicyclic) bond motifs is 1. The molecule has 15 nitrogen and oxygen atoms in total. The lowest BCUT2D eigenvalue weighted by atomic mass is 10.0. The largest absolute Gasteiger partial charge is 0.492 e. The fourth-order valence-electron chi connectivity index (χ4n) is 3.44. The Balaban J connectivity index is 2.19. The highest BCUT2D eigenvalue weighted by Crippen LogP contribution is 2.51. The normalized spacial score (nSPS) is 15.1. The average molecular weight is 562 g/mol. The van der Waals surface area contributed by atoms with Crippen LogP contribution in [0.4, 0.5) is 0 Å². The quantitative estimate of drug-likeness (QED) is 0.121. The first-order valence-corrected chi connectivity index (χ1v) is 12.3. The minimum atomic E-state index is -1.37. The number of amides is 2. The third-order valence-electron chi connectivity index (χ3n) is 5.40. The van der Waals surface area contributed by atoms with Crippen molar-refractivity contribution in [2.24, 2.45) is 5.73 Å². The predicted molar refractivity (Wildman–Crippen MR) is 131 cm³/mol. The summed E-state index contributed by atoms with van der Waals surface area (Å²) in [5, 5.41) is 42.5. The Morgan fingerprint density at radius 3 is 2.42 bits per heavy atom. The number of hydrogen-bond donors (Lipinski definition) is 7. The van der Waals surface area contributed by atoms with Crippen molar-refractivity contribution in [3.8, 4) is 23.0 Å². The second-order valence-electron chi connectivity index (χ2n) is 7.98.